The molecule has 2 aromatic rings. The molecule has 0 amide bonds. The van der Waals surface area contributed by atoms with Crippen LogP contribution in [0.4, 0.5) is 13.2 Å². The number of halogens is 4. The van der Waals surface area contributed by atoms with Crippen LogP contribution in [0, 0.1) is 0 Å². The fourth-order valence-corrected chi connectivity index (χ4v) is 1.86. The average Bonchev–Trinajstić information content (AvgIpc) is 2.38. The van der Waals surface area contributed by atoms with E-state index in [9.17, 15) is 13.2 Å². The number of rotatable bonds is 2. The van der Waals surface area contributed by atoms with Gasteiger partial charge in [-0.3, -0.25) is 4.98 Å². The third kappa shape index (κ3) is 2.64. The highest BCUT2D eigenvalue weighted by molar-refractivity contribution is 6.17. The first-order valence-corrected chi connectivity index (χ1v) is 5.72. The lowest BCUT2D eigenvalue weighted by Crippen LogP contribution is -2.07. The zero-order valence-electron chi connectivity index (χ0n) is 9.21. The molecule has 0 spiro atoms. The summed E-state index contributed by atoms with van der Waals surface area (Å²) in [5, 5.41) is 0. The Balaban J connectivity index is 2.62. The first-order chi connectivity index (χ1) is 8.52. The SMILES string of the molecule is FC(F)(F)c1ccc(CCl)cc1-c1ccncc1. The second-order valence-corrected chi connectivity index (χ2v) is 4.01. The molecule has 0 aliphatic rings. The van der Waals surface area contributed by atoms with Crippen LogP contribution in [0.1, 0.15) is 11.1 Å². The van der Waals surface area contributed by atoms with Crippen molar-refractivity contribution in [2.75, 3.05) is 0 Å². The Labute approximate surface area is 107 Å². The number of nitrogens with zero attached hydrogens (tertiary/aromatic N) is 1. The summed E-state index contributed by atoms with van der Waals surface area (Å²) in [6, 6.07) is 7.00. The summed E-state index contributed by atoms with van der Waals surface area (Å²) in [5.41, 5.74) is 0.589. The molecule has 0 bridgehead atoms. The van der Waals surface area contributed by atoms with E-state index >= 15 is 0 Å². The lowest BCUT2D eigenvalue weighted by molar-refractivity contribution is -0.137. The van der Waals surface area contributed by atoms with Gasteiger partial charge in [0.1, 0.15) is 0 Å². The molecular weight excluding hydrogens is 263 g/mol. The standard InChI is InChI=1S/C13H9ClF3N/c14-8-9-1-2-12(13(15,16)17)11(7-9)10-3-5-18-6-4-10/h1-7H,8H2. The second-order valence-electron chi connectivity index (χ2n) is 3.75. The van der Waals surface area contributed by atoms with Gasteiger partial charge in [0.05, 0.1) is 5.56 Å². The fraction of sp³-hybridized carbons (Fsp3) is 0.154. The van der Waals surface area contributed by atoms with Crippen LogP contribution >= 0.6 is 11.6 Å². The molecule has 2 rings (SSSR count). The van der Waals surface area contributed by atoms with Gasteiger partial charge in [-0.1, -0.05) is 6.07 Å². The fourth-order valence-electron chi connectivity index (χ4n) is 1.69. The molecule has 5 heteroatoms. The maximum absolute atomic E-state index is 12.9. The Morgan fingerprint density at radius 1 is 1.06 bits per heavy atom. The zero-order chi connectivity index (χ0) is 13.2. The predicted molar refractivity (Wildman–Crippen MR) is 64.2 cm³/mol. The molecule has 0 fully saturated rings. The number of hydrogen-bond donors (Lipinski definition) is 0. The Bertz CT molecular complexity index is 538. The molecule has 0 unspecified atom stereocenters. The van der Waals surface area contributed by atoms with E-state index in [0.717, 1.165) is 6.07 Å². The van der Waals surface area contributed by atoms with Gasteiger partial charge in [0, 0.05) is 18.3 Å². The average molecular weight is 272 g/mol. The van der Waals surface area contributed by atoms with Crippen molar-refractivity contribution in [3.63, 3.8) is 0 Å². The lowest BCUT2D eigenvalue weighted by Gasteiger charge is -2.14. The smallest absolute Gasteiger partial charge is 0.265 e. The highest BCUT2D eigenvalue weighted by atomic mass is 35.5. The van der Waals surface area contributed by atoms with Gasteiger partial charge in [0.15, 0.2) is 0 Å². The molecule has 1 nitrogen and oxygen atoms in total. The Morgan fingerprint density at radius 3 is 2.28 bits per heavy atom. The van der Waals surface area contributed by atoms with Gasteiger partial charge in [0.25, 0.3) is 0 Å². The van der Waals surface area contributed by atoms with Gasteiger partial charge in [0.2, 0.25) is 0 Å². The third-order valence-electron chi connectivity index (χ3n) is 2.54. The lowest BCUT2D eigenvalue weighted by atomic mass is 9.98. The van der Waals surface area contributed by atoms with E-state index < -0.39 is 11.7 Å². The number of alkyl halides is 4. The minimum atomic E-state index is -4.39. The minimum absolute atomic E-state index is 0.128. The number of benzene rings is 1. The van der Waals surface area contributed by atoms with Crippen molar-refractivity contribution in [1.82, 2.24) is 4.98 Å². The van der Waals surface area contributed by atoms with E-state index in [1.807, 2.05) is 0 Å². The van der Waals surface area contributed by atoms with Crippen molar-refractivity contribution in [1.29, 1.82) is 0 Å². The largest absolute Gasteiger partial charge is 0.417 e. The molecule has 0 aliphatic heterocycles. The summed E-state index contributed by atoms with van der Waals surface area (Å²) in [4.78, 5) is 3.80. The van der Waals surface area contributed by atoms with Crippen LogP contribution in [-0.2, 0) is 12.1 Å². The van der Waals surface area contributed by atoms with Crippen LogP contribution in [0.15, 0.2) is 42.7 Å². The summed E-state index contributed by atoms with van der Waals surface area (Å²) in [7, 11) is 0. The van der Waals surface area contributed by atoms with Crippen molar-refractivity contribution in [3.05, 3.63) is 53.9 Å². The third-order valence-corrected chi connectivity index (χ3v) is 2.84. The van der Waals surface area contributed by atoms with Crippen molar-refractivity contribution in [2.24, 2.45) is 0 Å². The molecule has 0 atom stereocenters. The van der Waals surface area contributed by atoms with Gasteiger partial charge in [-0.05, 0) is 41.0 Å². The first kappa shape index (κ1) is 12.9. The molecular formula is C13H9ClF3N. The van der Waals surface area contributed by atoms with Gasteiger partial charge in [-0.2, -0.15) is 13.2 Å². The van der Waals surface area contributed by atoms with Crippen molar-refractivity contribution in [2.45, 2.75) is 12.1 Å². The van der Waals surface area contributed by atoms with Crippen molar-refractivity contribution in [3.8, 4) is 11.1 Å². The summed E-state index contributed by atoms with van der Waals surface area (Å²) >= 11 is 5.66. The normalized spacial score (nSPS) is 11.6. The highest BCUT2D eigenvalue weighted by Gasteiger charge is 2.33. The van der Waals surface area contributed by atoms with E-state index in [0.29, 0.717) is 11.1 Å². The monoisotopic (exact) mass is 271 g/mol. The maximum Gasteiger partial charge on any atom is 0.417 e. The molecule has 0 radical (unpaired) electrons. The minimum Gasteiger partial charge on any atom is -0.265 e. The maximum atomic E-state index is 12.9. The summed E-state index contributed by atoms with van der Waals surface area (Å²) in [6.07, 6.45) is -1.46. The number of hydrogen-bond acceptors (Lipinski definition) is 1. The van der Waals surface area contributed by atoms with Crippen molar-refractivity contribution < 1.29 is 13.2 Å². The van der Waals surface area contributed by atoms with Crippen LogP contribution in [-0.4, -0.2) is 4.98 Å². The van der Waals surface area contributed by atoms with Gasteiger partial charge in [-0.15, -0.1) is 11.6 Å². The topological polar surface area (TPSA) is 12.9 Å². The van der Waals surface area contributed by atoms with Crippen LogP contribution in [0.2, 0.25) is 0 Å². The van der Waals surface area contributed by atoms with E-state index in [-0.39, 0.29) is 11.4 Å². The van der Waals surface area contributed by atoms with Gasteiger partial charge in [-0.25, -0.2) is 0 Å². The molecule has 18 heavy (non-hydrogen) atoms. The van der Waals surface area contributed by atoms with E-state index in [1.54, 1.807) is 12.1 Å². The Hall–Kier alpha value is -1.55. The molecule has 0 aliphatic carbocycles. The van der Waals surface area contributed by atoms with Crippen LogP contribution in [0.3, 0.4) is 0 Å². The summed E-state index contributed by atoms with van der Waals surface area (Å²) < 4.78 is 38.8. The Kier molecular flexibility index (Phi) is 3.57. The summed E-state index contributed by atoms with van der Waals surface area (Å²) in [6.45, 7) is 0. The van der Waals surface area contributed by atoms with E-state index in [2.05, 4.69) is 4.98 Å². The van der Waals surface area contributed by atoms with Gasteiger partial charge < -0.3 is 0 Å². The molecule has 1 heterocycles. The number of pyridine rings is 1. The second kappa shape index (κ2) is 4.98. The van der Waals surface area contributed by atoms with Crippen molar-refractivity contribution >= 4 is 11.6 Å². The Morgan fingerprint density at radius 2 is 1.72 bits per heavy atom. The van der Waals surface area contributed by atoms with E-state index in [4.69, 9.17) is 11.6 Å². The molecule has 0 saturated heterocycles. The van der Waals surface area contributed by atoms with Crippen LogP contribution in [0.25, 0.3) is 11.1 Å². The van der Waals surface area contributed by atoms with Gasteiger partial charge >= 0.3 is 6.18 Å². The van der Waals surface area contributed by atoms with Crippen LogP contribution < -0.4 is 0 Å². The zero-order valence-corrected chi connectivity index (χ0v) is 9.96. The molecule has 1 aromatic carbocycles. The molecule has 0 saturated carbocycles. The van der Waals surface area contributed by atoms with E-state index in [1.165, 1.54) is 24.5 Å². The molecule has 0 N–H and O–H groups in total. The predicted octanol–water partition coefficient (Wildman–Crippen LogP) is 4.51. The molecule has 1 aromatic heterocycles. The first-order valence-electron chi connectivity index (χ1n) is 5.19. The van der Waals surface area contributed by atoms with Crippen LogP contribution in [0.5, 0.6) is 0 Å². The highest BCUT2D eigenvalue weighted by Crippen LogP contribution is 2.37. The molecule has 94 valence electrons. The number of aromatic nitrogens is 1. The quantitative estimate of drug-likeness (QED) is 0.733. The summed E-state index contributed by atoms with van der Waals surface area (Å²) in [5.74, 6) is 0.177.